The highest BCUT2D eigenvalue weighted by atomic mass is 16.1. The number of nitrogens with one attached hydrogen (secondary N) is 1. The standard InChI is InChI=1S/C31H41N3O/c1-22-5-4-6-25(17-22)29(19-27(35)18-23-9-11-26(32)12-10-23)30-21-34(20-24-13-15-33-16-14-24)31-8-3-2-7-28(30)31/h2-8,17,21,23-24,26,29,33H,9-16,18-20,32H2,1H3. The number of piperidine rings is 1. The molecule has 0 radical (unpaired) electrons. The van der Waals surface area contributed by atoms with Crippen molar-refractivity contribution in [2.24, 2.45) is 17.6 Å². The first-order chi connectivity index (χ1) is 17.1. The quantitative estimate of drug-likeness (QED) is 0.427. The van der Waals surface area contributed by atoms with Crippen LogP contribution in [0.1, 0.15) is 74.0 Å². The number of aryl methyl sites for hydroxylation is 1. The Hall–Kier alpha value is -2.43. The molecule has 2 fully saturated rings. The van der Waals surface area contributed by atoms with Crippen LogP contribution in [-0.4, -0.2) is 29.5 Å². The number of hydrogen-bond acceptors (Lipinski definition) is 3. The van der Waals surface area contributed by atoms with E-state index in [0.29, 0.717) is 36.5 Å². The topological polar surface area (TPSA) is 60.1 Å². The molecule has 1 aliphatic carbocycles. The largest absolute Gasteiger partial charge is 0.347 e. The van der Waals surface area contributed by atoms with Gasteiger partial charge in [-0.1, -0.05) is 48.0 Å². The second-order valence-corrected chi connectivity index (χ2v) is 11.1. The number of aromatic nitrogens is 1. The maximum absolute atomic E-state index is 13.4. The monoisotopic (exact) mass is 471 g/mol. The molecule has 4 heteroatoms. The number of carbonyl (C=O) groups excluding carboxylic acids is 1. The number of Topliss-reactive ketones (excluding diaryl/α,β-unsaturated/α-hetero) is 1. The van der Waals surface area contributed by atoms with Gasteiger partial charge in [-0.05, 0) is 87.6 Å². The van der Waals surface area contributed by atoms with E-state index in [1.54, 1.807) is 0 Å². The van der Waals surface area contributed by atoms with Crippen LogP contribution in [0.25, 0.3) is 10.9 Å². The van der Waals surface area contributed by atoms with Gasteiger partial charge in [-0.3, -0.25) is 4.79 Å². The summed E-state index contributed by atoms with van der Waals surface area (Å²) in [7, 11) is 0. The van der Waals surface area contributed by atoms with E-state index in [1.807, 2.05) is 0 Å². The summed E-state index contributed by atoms with van der Waals surface area (Å²) in [5.74, 6) is 1.69. The van der Waals surface area contributed by atoms with Gasteiger partial charge in [-0.15, -0.1) is 0 Å². The minimum Gasteiger partial charge on any atom is -0.347 e. The van der Waals surface area contributed by atoms with Crippen LogP contribution < -0.4 is 11.1 Å². The first-order valence-corrected chi connectivity index (χ1v) is 13.7. The molecule has 1 saturated carbocycles. The molecule has 1 unspecified atom stereocenters. The molecule has 1 atom stereocenters. The van der Waals surface area contributed by atoms with Crippen molar-refractivity contribution in [2.45, 2.75) is 76.8 Å². The van der Waals surface area contributed by atoms with Gasteiger partial charge in [0.15, 0.2) is 0 Å². The van der Waals surface area contributed by atoms with Crippen LogP contribution in [0.3, 0.4) is 0 Å². The molecule has 4 nitrogen and oxygen atoms in total. The molecule has 2 aliphatic rings. The third-order valence-corrected chi connectivity index (χ3v) is 8.39. The Bertz CT molecular complexity index is 1140. The Morgan fingerprint density at radius 3 is 2.54 bits per heavy atom. The van der Waals surface area contributed by atoms with E-state index in [-0.39, 0.29) is 5.92 Å². The lowest BCUT2D eigenvalue weighted by Crippen LogP contribution is -2.29. The number of rotatable bonds is 8. The lowest BCUT2D eigenvalue weighted by Gasteiger charge is -2.26. The predicted octanol–water partition coefficient (Wildman–Crippen LogP) is 5.95. The van der Waals surface area contributed by atoms with Crippen molar-refractivity contribution >= 4 is 16.7 Å². The average molecular weight is 472 g/mol. The lowest BCUT2D eigenvalue weighted by molar-refractivity contribution is -0.120. The minimum absolute atomic E-state index is 0.0902. The highest BCUT2D eigenvalue weighted by Crippen LogP contribution is 2.37. The Balaban J connectivity index is 1.45. The maximum Gasteiger partial charge on any atom is 0.134 e. The molecule has 3 N–H and O–H groups in total. The van der Waals surface area contributed by atoms with E-state index in [2.05, 4.69) is 71.5 Å². The Morgan fingerprint density at radius 2 is 1.77 bits per heavy atom. The van der Waals surface area contributed by atoms with Crippen LogP contribution in [0.5, 0.6) is 0 Å². The minimum atomic E-state index is 0.0902. The van der Waals surface area contributed by atoms with Crippen LogP contribution in [0.2, 0.25) is 0 Å². The van der Waals surface area contributed by atoms with Gasteiger partial charge in [-0.2, -0.15) is 0 Å². The van der Waals surface area contributed by atoms with Gasteiger partial charge in [0.25, 0.3) is 0 Å². The summed E-state index contributed by atoms with van der Waals surface area (Å²) in [5, 5.41) is 4.79. The zero-order chi connectivity index (χ0) is 24.2. The van der Waals surface area contributed by atoms with Crippen molar-refractivity contribution in [1.29, 1.82) is 0 Å². The van der Waals surface area contributed by atoms with Gasteiger partial charge in [0.05, 0.1) is 0 Å². The van der Waals surface area contributed by atoms with E-state index >= 15 is 0 Å². The average Bonchev–Trinajstić information content (AvgIpc) is 3.23. The van der Waals surface area contributed by atoms with Crippen molar-refractivity contribution in [1.82, 2.24) is 9.88 Å². The van der Waals surface area contributed by atoms with Crippen molar-refractivity contribution in [2.75, 3.05) is 13.1 Å². The van der Waals surface area contributed by atoms with Gasteiger partial charge < -0.3 is 15.6 Å². The summed E-state index contributed by atoms with van der Waals surface area (Å²) < 4.78 is 2.47. The van der Waals surface area contributed by atoms with Gasteiger partial charge >= 0.3 is 0 Å². The molecule has 186 valence electrons. The van der Waals surface area contributed by atoms with Crippen molar-refractivity contribution < 1.29 is 4.79 Å². The highest BCUT2D eigenvalue weighted by molar-refractivity contribution is 5.87. The molecule has 1 aliphatic heterocycles. The molecule has 1 saturated heterocycles. The number of nitrogens with zero attached hydrogens (tertiary/aromatic N) is 1. The molecule has 5 rings (SSSR count). The number of fused-ring (bicyclic) bond motifs is 1. The Morgan fingerprint density at radius 1 is 1.00 bits per heavy atom. The number of benzene rings is 2. The fraction of sp³-hybridized carbons (Fsp3) is 0.516. The van der Waals surface area contributed by atoms with Crippen LogP contribution in [0.4, 0.5) is 0 Å². The summed E-state index contributed by atoms with van der Waals surface area (Å²) in [6, 6.07) is 17.9. The van der Waals surface area contributed by atoms with Crippen LogP contribution in [0.15, 0.2) is 54.7 Å². The van der Waals surface area contributed by atoms with Crippen LogP contribution in [0, 0.1) is 18.8 Å². The number of hydrogen-bond donors (Lipinski definition) is 2. The predicted molar refractivity (Wildman–Crippen MR) is 145 cm³/mol. The molecular weight excluding hydrogens is 430 g/mol. The van der Waals surface area contributed by atoms with Crippen molar-refractivity contribution in [3.63, 3.8) is 0 Å². The summed E-state index contributed by atoms with van der Waals surface area (Å²) in [6.45, 7) is 5.43. The zero-order valence-electron chi connectivity index (χ0n) is 21.2. The van der Waals surface area contributed by atoms with Gasteiger partial charge in [0.1, 0.15) is 5.78 Å². The molecule has 0 spiro atoms. The van der Waals surface area contributed by atoms with Crippen LogP contribution in [-0.2, 0) is 11.3 Å². The highest BCUT2D eigenvalue weighted by Gasteiger charge is 2.26. The first kappa shape index (κ1) is 24.3. The number of carbonyl (C=O) groups is 1. The number of ketones is 1. The van der Waals surface area contributed by atoms with Crippen molar-refractivity contribution in [3.05, 3.63) is 71.4 Å². The molecule has 2 aromatic carbocycles. The zero-order valence-corrected chi connectivity index (χ0v) is 21.2. The SMILES string of the molecule is Cc1cccc(C(CC(=O)CC2CCC(N)CC2)c2cn(CC3CCNCC3)c3ccccc23)c1. The molecule has 0 bridgehead atoms. The van der Waals surface area contributed by atoms with E-state index in [1.165, 1.54) is 40.4 Å². The van der Waals surface area contributed by atoms with E-state index < -0.39 is 0 Å². The van der Waals surface area contributed by atoms with Crippen LogP contribution >= 0.6 is 0 Å². The number of para-hydroxylation sites is 1. The van der Waals surface area contributed by atoms with E-state index in [0.717, 1.165) is 45.3 Å². The summed E-state index contributed by atoms with van der Waals surface area (Å²) >= 11 is 0. The molecule has 0 amide bonds. The fourth-order valence-corrected chi connectivity index (χ4v) is 6.37. The molecule has 1 aromatic heterocycles. The molecule has 3 aromatic rings. The molecule has 35 heavy (non-hydrogen) atoms. The number of nitrogens with two attached hydrogens (primary N) is 1. The maximum atomic E-state index is 13.4. The Kier molecular flexibility index (Phi) is 7.69. The fourth-order valence-electron chi connectivity index (χ4n) is 6.37. The van der Waals surface area contributed by atoms with E-state index in [9.17, 15) is 4.79 Å². The molecule has 2 heterocycles. The van der Waals surface area contributed by atoms with Gasteiger partial charge in [0.2, 0.25) is 0 Å². The second kappa shape index (κ2) is 11.1. The summed E-state index contributed by atoms with van der Waals surface area (Å²) in [6.07, 6.45) is 10.4. The smallest absolute Gasteiger partial charge is 0.134 e. The summed E-state index contributed by atoms with van der Waals surface area (Å²) in [4.78, 5) is 13.4. The van der Waals surface area contributed by atoms with Gasteiger partial charge in [0, 0.05) is 48.4 Å². The third-order valence-electron chi connectivity index (χ3n) is 8.39. The first-order valence-electron chi connectivity index (χ1n) is 13.7. The lowest BCUT2D eigenvalue weighted by atomic mass is 9.80. The Labute approximate surface area is 210 Å². The second-order valence-electron chi connectivity index (χ2n) is 11.1. The summed E-state index contributed by atoms with van der Waals surface area (Å²) in [5.41, 5.74) is 11.2. The van der Waals surface area contributed by atoms with Crippen molar-refractivity contribution in [3.8, 4) is 0 Å². The normalized spacial score (nSPS) is 22.3. The van der Waals surface area contributed by atoms with E-state index in [4.69, 9.17) is 5.73 Å². The molecular formula is C31H41N3O. The van der Waals surface area contributed by atoms with Gasteiger partial charge in [-0.25, -0.2) is 0 Å². The third kappa shape index (κ3) is 5.87.